The third-order valence-electron chi connectivity index (χ3n) is 3.85. The van der Waals surface area contributed by atoms with Gasteiger partial charge in [0, 0.05) is 9.65 Å². The number of thiophene rings is 1. The lowest BCUT2D eigenvalue weighted by Crippen LogP contribution is -2.41. The Labute approximate surface area is 115 Å². The molecule has 2 rings (SSSR count). The van der Waals surface area contributed by atoms with Crippen LogP contribution in [-0.2, 0) is 14.7 Å². The predicted octanol–water partition coefficient (Wildman–Crippen LogP) is 3.34. The van der Waals surface area contributed by atoms with Gasteiger partial charge in [0.15, 0.2) is 0 Å². The minimum Gasteiger partial charge on any atom is -0.399 e. The monoisotopic (exact) mass is 266 g/mol. The molecular formula is C14H23BO2S. The van der Waals surface area contributed by atoms with Gasteiger partial charge in [-0.15, -0.1) is 11.3 Å². The van der Waals surface area contributed by atoms with Crippen LogP contribution in [0, 0.1) is 0 Å². The number of hydrogen-bond donors (Lipinski definition) is 0. The molecule has 0 spiro atoms. The third kappa shape index (κ3) is 2.38. The van der Waals surface area contributed by atoms with Gasteiger partial charge in [-0.25, -0.2) is 0 Å². The number of hydrogen-bond acceptors (Lipinski definition) is 3. The van der Waals surface area contributed by atoms with Crippen molar-refractivity contribution in [1.82, 2.24) is 0 Å². The molecule has 0 atom stereocenters. The standard InChI is InChI=1S/C14H23BO2S/c1-12(2,3)10-8-9-11(18-10)15-16-13(4,5)14(6,7)17-15/h8-9H,1-7H3. The molecule has 2 heterocycles. The molecule has 0 saturated carbocycles. The van der Waals surface area contributed by atoms with Crippen molar-refractivity contribution in [3.05, 3.63) is 17.0 Å². The highest BCUT2D eigenvalue weighted by Crippen LogP contribution is 2.37. The van der Waals surface area contributed by atoms with E-state index in [1.54, 1.807) is 11.3 Å². The second-order valence-electron chi connectivity index (χ2n) is 7.04. The summed E-state index contributed by atoms with van der Waals surface area (Å²) in [6, 6.07) is 4.32. The molecule has 1 aromatic heterocycles. The number of rotatable bonds is 1. The molecule has 100 valence electrons. The molecule has 0 N–H and O–H groups in total. The minimum absolute atomic E-state index is 0.187. The maximum atomic E-state index is 6.06. The predicted molar refractivity (Wildman–Crippen MR) is 78.7 cm³/mol. The van der Waals surface area contributed by atoms with Gasteiger partial charge in [0.1, 0.15) is 0 Å². The van der Waals surface area contributed by atoms with Crippen molar-refractivity contribution in [3.8, 4) is 0 Å². The highest BCUT2D eigenvalue weighted by atomic mass is 32.1. The summed E-state index contributed by atoms with van der Waals surface area (Å²) in [5.41, 5.74) is -0.334. The van der Waals surface area contributed by atoms with Crippen molar-refractivity contribution in [2.24, 2.45) is 0 Å². The summed E-state index contributed by atoms with van der Waals surface area (Å²) >= 11 is 1.79. The summed E-state index contributed by atoms with van der Waals surface area (Å²) in [4.78, 5) is 1.37. The van der Waals surface area contributed by atoms with Gasteiger partial charge >= 0.3 is 7.12 Å². The zero-order chi connectivity index (χ0) is 13.8. The Kier molecular flexibility index (Phi) is 3.20. The molecule has 1 saturated heterocycles. The normalized spacial score (nSPS) is 22.5. The van der Waals surface area contributed by atoms with Crippen LogP contribution < -0.4 is 4.78 Å². The summed E-state index contributed by atoms with van der Waals surface area (Å²) in [6.45, 7) is 15.0. The van der Waals surface area contributed by atoms with E-state index in [2.05, 4.69) is 60.6 Å². The van der Waals surface area contributed by atoms with E-state index in [4.69, 9.17) is 9.31 Å². The van der Waals surface area contributed by atoms with Crippen molar-refractivity contribution in [1.29, 1.82) is 0 Å². The lowest BCUT2D eigenvalue weighted by molar-refractivity contribution is 0.00578. The van der Waals surface area contributed by atoms with Gasteiger partial charge in [0.25, 0.3) is 0 Å². The fraction of sp³-hybridized carbons (Fsp3) is 0.714. The zero-order valence-electron chi connectivity index (χ0n) is 12.5. The molecule has 0 aliphatic carbocycles. The molecule has 1 aliphatic heterocycles. The third-order valence-corrected chi connectivity index (χ3v) is 5.38. The first-order chi connectivity index (χ1) is 8.03. The Morgan fingerprint density at radius 3 is 1.89 bits per heavy atom. The van der Waals surface area contributed by atoms with E-state index in [9.17, 15) is 0 Å². The summed E-state index contributed by atoms with van der Waals surface area (Å²) < 4.78 is 13.3. The fourth-order valence-electron chi connectivity index (χ4n) is 1.84. The van der Waals surface area contributed by atoms with E-state index >= 15 is 0 Å². The second kappa shape index (κ2) is 4.09. The van der Waals surface area contributed by atoms with E-state index in [0.29, 0.717) is 0 Å². The van der Waals surface area contributed by atoms with Crippen LogP contribution >= 0.6 is 11.3 Å². The average molecular weight is 266 g/mol. The molecule has 1 aliphatic rings. The van der Waals surface area contributed by atoms with Crippen LogP contribution in [0.2, 0.25) is 0 Å². The molecule has 4 heteroatoms. The molecule has 0 bridgehead atoms. The fourth-order valence-corrected chi connectivity index (χ4v) is 2.87. The second-order valence-corrected chi connectivity index (χ2v) is 8.16. The summed E-state index contributed by atoms with van der Waals surface area (Å²) in [7, 11) is -0.226. The van der Waals surface area contributed by atoms with Gasteiger partial charge in [-0.3, -0.25) is 0 Å². The van der Waals surface area contributed by atoms with E-state index in [1.165, 1.54) is 9.65 Å². The van der Waals surface area contributed by atoms with Crippen LogP contribution in [0.25, 0.3) is 0 Å². The Bertz CT molecular complexity index is 427. The molecule has 0 unspecified atom stereocenters. The maximum Gasteiger partial charge on any atom is 0.505 e. The highest BCUT2D eigenvalue weighted by Gasteiger charge is 2.52. The summed E-state index contributed by atoms with van der Waals surface area (Å²) in [6.07, 6.45) is 0. The topological polar surface area (TPSA) is 18.5 Å². The first-order valence-electron chi connectivity index (χ1n) is 6.49. The van der Waals surface area contributed by atoms with Crippen LogP contribution in [0.3, 0.4) is 0 Å². The van der Waals surface area contributed by atoms with Crippen molar-refractivity contribution in [2.75, 3.05) is 0 Å². The first-order valence-corrected chi connectivity index (χ1v) is 7.30. The van der Waals surface area contributed by atoms with Crippen molar-refractivity contribution in [2.45, 2.75) is 65.1 Å². The van der Waals surface area contributed by atoms with E-state index in [0.717, 1.165) is 0 Å². The Morgan fingerprint density at radius 1 is 1.00 bits per heavy atom. The van der Waals surface area contributed by atoms with E-state index < -0.39 is 0 Å². The average Bonchev–Trinajstić information content (AvgIpc) is 2.69. The van der Waals surface area contributed by atoms with Crippen LogP contribution in [0.15, 0.2) is 12.1 Å². The Balaban J connectivity index is 2.23. The van der Waals surface area contributed by atoms with Gasteiger partial charge in [0.05, 0.1) is 11.2 Å². The van der Waals surface area contributed by atoms with E-state index in [1.807, 2.05) is 0 Å². The highest BCUT2D eigenvalue weighted by molar-refractivity contribution is 7.22. The van der Waals surface area contributed by atoms with Crippen LogP contribution in [-0.4, -0.2) is 18.3 Å². The molecule has 0 aromatic carbocycles. The van der Waals surface area contributed by atoms with Crippen LogP contribution in [0.1, 0.15) is 53.3 Å². The first kappa shape index (κ1) is 14.1. The van der Waals surface area contributed by atoms with Crippen LogP contribution in [0.5, 0.6) is 0 Å². The SMILES string of the molecule is CC(C)(C)c1ccc(B2OC(C)(C)C(C)(C)O2)s1. The zero-order valence-corrected chi connectivity index (χ0v) is 13.3. The van der Waals surface area contributed by atoms with Crippen molar-refractivity contribution in [3.63, 3.8) is 0 Å². The van der Waals surface area contributed by atoms with Gasteiger partial charge in [-0.05, 0) is 39.2 Å². The van der Waals surface area contributed by atoms with E-state index in [-0.39, 0.29) is 23.7 Å². The van der Waals surface area contributed by atoms with Gasteiger partial charge < -0.3 is 9.31 Å². The lowest BCUT2D eigenvalue weighted by Gasteiger charge is -2.32. The Morgan fingerprint density at radius 2 is 1.50 bits per heavy atom. The Hall–Kier alpha value is -0.315. The quantitative estimate of drug-likeness (QED) is 0.726. The van der Waals surface area contributed by atoms with Gasteiger partial charge in [-0.1, -0.05) is 26.8 Å². The van der Waals surface area contributed by atoms with Crippen molar-refractivity contribution < 1.29 is 9.31 Å². The lowest BCUT2D eigenvalue weighted by atomic mass is 9.88. The summed E-state index contributed by atoms with van der Waals surface area (Å²) in [5.74, 6) is 0. The molecular weight excluding hydrogens is 243 g/mol. The molecule has 0 radical (unpaired) electrons. The molecule has 18 heavy (non-hydrogen) atoms. The minimum atomic E-state index is -0.260. The smallest absolute Gasteiger partial charge is 0.399 e. The molecule has 1 aromatic rings. The van der Waals surface area contributed by atoms with Gasteiger partial charge in [-0.2, -0.15) is 0 Å². The molecule has 2 nitrogen and oxygen atoms in total. The van der Waals surface area contributed by atoms with Crippen LogP contribution in [0.4, 0.5) is 0 Å². The summed E-state index contributed by atoms with van der Waals surface area (Å²) in [5, 5.41) is 0. The van der Waals surface area contributed by atoms with Crippen molar-refractivity contribution >= 4 is 23.2 Å². The molecule has 0 amide bonds. The molecule has 1 fully saturated rings. The van der Waals surface area contributed by atoms with Gasteiger partial charge in [0.2, 0.25) is 0 Å². The largest absolute Gasteiger partial charge is 0.505 e. The maximum absolute atomic E-state index is 6.06.